The van der Waals surface area contributed by atoms with Crippen LogP contribution in [0.2, 0.25) is 5.02 Å². The maximum atomic E-state index is 6.06. The maximum absolute atomic E-state index is 6.06. The van der Waals surface area contributed by atoms with Crippen LogP contribution in [-0.4, -0.2) is 4.98 Å². The monoisotopic (exact) mass is 353 g/mol. The van der Waals surface area contributed by atoms with Gasteiger partial charge in [0.25, 0.3) is 0 Å². The van der Waals surface area contributed by atoms with E-state index in [-0.39, 0.29) is 0 Å². The number of nitrogens with one attached hydrogen (secondary N) is 1. The Bertz CT molecular complexity index is 757. The molecule has 0 aliphatic rings. The fourth-order valence-corrected chi connectivity index (χ4v) is 3.05. The first-order valence-electron chi connectivity index (χ1n) is 5.50. The van der Waals surface area contributed by atoms with Gasteiger partial charge in [-0.3, -0.25) is 0 Å². The Morgan fingerprint density at radius 3 is 2.84 bits per heavy atom. The Labute approximate surface area is 127 Å². The molecular weight excluding hydrogens is 346 g/mol. The number of benzene rings is 2. The van der Waals surface area contributed by atoms with E-state index in [1.165, 1.54) is 0 Å². The van der Waals surface area contributed by atoms with Crippen LogP contribution >= 0.6 is 38.9 Å². The second-order valence-electron chi connectivity index (χ2n) is 4.00. The topological polar surface area (TPSA) is 50.9 Å². The third-order valence-electron chi connectivity index (χ3n) is 2.58. The SMILES string of the molecule is Nc1ccc2nc(Nc3ccc(Br)c(Cl)c3)sc2c1. The summed E-state index contributed by atoms with van der Waals surface area (Å²) < 4.78 is 1.93. The van der Waals surface area contributed by atoms with Gasteiger partial charge in [0.1, 0.15) is 0 Å². The number of rotatable bonds is 2. The van der Waals surface area contributed by atoms with Crippen molar-refractivity contribution < 1.29 is 0 Å². The molecular formula is C13H9BrClN3S. The van der Waals surface area contributed by atoms with Crippen LogP contribution in [-0.2, 0) is 0 Å². The van der Waals surface area contributed by atoms with Crippen molar-refractivity contribution in [3.05, 3.63) is 45.9 Å². The number of fused-ring (bicyclic) bond motifs is 1. The summed E-state index contributed by atoms with van der Waals surface area (Å²) in [5, 5.41) is 4.72. The van der Waals surface area contributed by atoms with E-state index in [1.54, 1.807) is 11.3 Å². The second kappa shape index (κ2) is 5.00. The third kappa shape index (κ3) is 2.68. The van der Waals surface area contributed by atoms with Gasteiger partial charge in [-0.1, -0.05) is 22.9 Å². The van der Waals surface area contributed by atoms with Crippen LogP contribution < -0.4 is 11.1 Å². The summed E-state index contributed by atoms with van der Waals surface area (Å²) in [7, 11) is 0. The Hall–Kier alpha value is -1.30. The molecule has 0 bridgehead atoms. The van der Waals surface area contributed by atoms with E-state index in [4.69, 9.17) is 17.3 Å². The number of nitrogens with two attached hydrogens (primary N) is 1. The third-order valence-corrected chi connectivity index (χ3v) is 4.75. The summed E-state index contributed by atoms with van der Waals surface area (Å²) in [6.07, 6.45) is 0. The van der Waals surface area contributed by atoms with Gasteiger partial charge >= 0.3 is 0 Å². The molecule has 0 fully saturated rings. The van der Waals surface area contributed by atoms with Gasteiger partial charge in [-0.2, -0.15) is 0 Å². The highest BCUT2D eigenvalue weighted by atomic mass is 79.9. The van der Waals surface area contributed by atoms with E-state index in [9.17, 15) is 0 Å². The first-order chi connectivity index (χ1) is 9.11. The van der Waals surface area contributed by atoms with E-state index in [0.717, 1.165) is 31.2 Å². The van der Waals surface area contributed by atoms with Crippen molar-refractivity contribution in [2.24, 2.45) is 0 Å². The smallest absolute Gasteiger partial charge is 0.188 e. The molecule has 0 saturated carbocycles. The highest BCUT2D eigenvalue weighted by Crippen LogP contribution is 2.31. The van der Waals surface area contributed by atoms with Crippen molar-refractivity contribution in [3.63, 3.8) is 0 Å². The number of nitrogen functional groups attached to an aromatic ring is 1. The largest absolute Gasteiger partial charge is 0.399 e. The molecule has 3 rings (SSSR count). The lowest BCUT2D eigenvalue weighted by molar-refractivity contribution is 1.44. The summed E-state index contributed by atoms with van der Waals surface area (Å²) >= 11 is 11.0. The highest BCUT2D eigenvalue weighted by molar-refractivity contribution is 9.10. The van der Waals surface area contributed by atoms with E-state index >= 15 is 0 Å². The number of thiazole rings is 1. The summed E-state index contributed by atoms with van der Waals surface area (Å²) in [6.45, 7) is 0. The lowest BCUT2D eigenvalue weighted by Gasteiger charge is -2.03. The first kappa shape index (κ1) is 12.7. The molecule has 3 N–H and O–H groups in total. The average Bonchev–Trinajstić information content (AvgIpc) is 2.75. The standard InChI is InChI=1S/C13H9BrClN3S/c14-9-3-2-8(6-10(9)15)17-13-18-11-4-1-7(16)5-12(11)19-13/h1-6H,16H2,(H,17,18). The van der Waals surface area contributed by atoms with Crippen LogP contribution in [0.3, 0.4) is 0 Å². The fourth-order valence-electron chi connectivity index (χ4n) is 1.69. The van der Waals surface area contributed by atoms with E-state index in [1.807, 2.05) is 36.4 Å². The number of aromatic nitrogens is 1. The molecule has 19 heavy (non-hydrogen) atoms. The van der Waals surface area contributed by atoms with Gasteiger partial charge in [-0.15, -0.1) is 0 Å². The first-order valence-corrected chi connectivity index (χ1v) is 7.49. The molecule has 1 heterocycles. The molecule has 0 spiro atoms. The number of anilines is 3. The summed E-state index contributed by atoms with van der Waals surface area (Å²) in [6, 6.07) is 11.4. The Morgan fingerprint density at radius 1 is 1.21 bits per heavy atom. The lowest BCUT2D eigenvalue weighted by atomic mass is 10.3. The minimum absolute atomic E-state index is 0.662. The van der Waals surface area contributed by atoms with Gasteiger partial charge in [0.15, 0.2) is 5.13 Å². The molecule has 0 aliphatic carbocycles. The zero-order chi connectivity index (χ0) is 13.4. The predicted octanol–water partition coefficient (Wildman–Crippen LogP) is 5.04. The van der Waals surface area contributed by atoms with Gasteiger partial charge in [0, 0.05) is 15.8 Å². The maximum Gasteiger partial charge on any atom is 0.188 e. The van der Waals surface area contributed by atoms with Gasteiger partial charge in [-0.05, 0) is 52.3 Å². The quantitative estimate of drug-likeness (QED) is 0.634. The van der Waals surface area contributed by atoms with Gasteiger partial charge in [-0.25, -0.2) is 4.98 Å². The molecule has 0 aliphatic heterocycles. The van der Waals surface area contributed by atoms with Crippen LogP contribution in [0.4, 0.5) is 16.5 Å². The van der Waals surface area contributed by atoms with E-state index < -0.39 is 0 Å². The average molecular weight is 355 g/mol. The molecule has 3 nitrogen and oxygen atoms in total. The van der Waals surface area contributed by atoms with Gasteiger partial charge in [0.2, 0.25) is 0 Å². The van der Waals surface area contributed by atoms with Gasteiger partial charge < -0.3 is 11.1 Å². The molecule has 0 radical (unpaired) electrons. The fraction of sp³-hybridized carbons (Fsp3) is 0. The number of hydrogen-bond donors (Lipinski definition) is 2. The van der Waals surface area contributed by atoms with Crippen LogP contribution in [0, 0.1) is 0 Å². The Morgan fingerprint density at radius 2 is 2.05 bits per heavy atom. The molecule has 2 aromatic carbocycles. The summed E-state index contributed by atoms with van der Waals surface area (Å²) in [5.74, 6) is 0. The highest BCUT2D eigenvalue weighted by Gasteiger charge is 2.05. The molecule has 0 unspecified atom stereocenters. The molecule has 96 valence electrons. The predicted molar refractivity (Wildman–Crippen MR) is 86.5 cm³/mol. The van der Waals surface area contributed by atoms with Crippen molar-refractivity contribution in [2.75, 3.05) is 11.1 Å². The van der Waals surface area contributed by atoms with Crippen molar-refractivity contribution in [2.45, 2.75) is 0 Å². The normalized spacial score (nSPS) is 10.8. The molecule has 1 aromatic heterocycles. The minimum atomic E-state index is 0.662. The lowest BCUT2D eigenvalue weighted by Crippen LogP contribution is -1.88. The Balaban J connectivity index is 1.94. The van der Waals surface area contributed by atoms with Crippen LogP contribution in [0.1, 0.15) is 0 Å². The van der Waals surface area contributed by atoms with Crippen molar-refractivity contribution in [3.8, 4) is 0 Å². The zero-order valence-electron chi connectivity index (χ0n) is 9.65. The number of hydrogen-bond acceptors (Lipinski definition) is 4. The summed E-state index contributed by atoms with van der Waals surface area (Å²) in [5.41, 5.74) is 8.34. The molecule has 0 atom stereocenters. The summed E-state index contributed by atoms with van der Waals surface area (Å²) in [4.78, 5) is 4.50. The van der Waals surface area contributed by atoms with Gasteiger partial charge in [0.05, 0.1) is 15.2 Å². The van der Waals surface area contributed by atoms with E-state index in [2.05, 4.69) is 26.2 Å². The molecule has 3 aromatic rings. The second-order valence-corrected chi connectivity index (χ2v) is 6.29. The van der Waals surface area contributed by atoms with Crippen LogP contribution in [0.25, 0.3) is 10.2 Å². The van der Waals surface area contributed by atoms with Crippen molar-refractivity contribution in [1.82, 2.24) is 4.98 Å². The minimum Gasteiger partial charge on any atom is -0.399 e. The van der Waals surface area contributed by atoms with Crippen molar-refractivity contribution in [1.29, 1.82) is 0 Å². The van der Waals surface area contributed by atoms with Crippen LogP contribution in [0.15, 0.2) is 40.9 Å². The Kier molecular flexibility index (Phi) is 3.35. The molecule has 0 amide bonds. The molecule has 6 heteroatoms. The zero-order valence-corrected chi connectivity index (χ0v) is 12.8. The van der Waals surface area contributed by atoms with Crippen LogP contribution in [0.5, 0.6) is 0 Å². The van der Waals surface area contributed by atoms with Crippen molar-refractivity contribution >= 4 is 65.6 Å². The van der Waals surface area contributed by atoms with E-state index in [0.29, 0.717) is 5.02 Å². The number of nitrogens with zero attached hydrogens (tertiary/aromatic N) is 1. The number of halogens is 2. The molecule has 0 saturated heterocycles.